The zero-order valence-electron chi connectivity index (χ0n) is 22.3. The molecule has 3 fully saturated rings. The molecule has 2 aromatic heterocycles. The summed E-state index contributed by atoms with van der Waals surface area (Å²) >= 11 is 0. The Balaban J connectivity index is 1.25. The van der Waals surface area contributed by atoms with E-state index in [0.29, 0.717) is 87.9 Å². The molecule has 1 amide bonds. The molecular weight excluding hydrogens is 522 g/mol. The van der Waals surface area contributed by atoms with Crippen molar-refractivity contribution in [3.8, 4) is 11.7 Å². The number of anilines is 1. The summed E-state index contributed by atoms with van der Waals surface area (Å²) in [6.45, 7) is 3.30. The van der Waals surface area contributed by atoms with E-state index in [2.05, 4.69) is 15.0 Å². The largest absolute Gasteiger partial charge is 0.474 e. The minimum absolute atomic E-state index is 0.0825. The van der Waals surface area contributed by atoms with Crippen LogP contribution in [-0.2, 0) is 9.53 Å². The number of morpholine rings is 1. The molecule has 1 unspecified atom stereocenters. The number of fused-ring (bicyclic) bond motifs is 1. The number of aliphatic hydroxyl groups excluding tert-OH is 1. The predicted octanol–water partition coefficient (Wildman–Crippen LogP) is 3.51. The molecule has 1 aromatic carbocycles. The third-order valence-electron chi connectivity index (χ3n) is 8.00. The number of alkyl halides is 2. The van der Waals surface area contributed by atoms with Gasteiger partial charge >= 0.3 is 0 Å². The number of aliphatic hydroxyl groups is 1. The van der Waals surface area contributed by atoms with Gasteiger partial charge in [-0.25, -0.2) is 13.8 Å². The summed E-state index contributed by atoms with van der Waals surface area (Å²) in [5.74, 6) is 0.604. The molecule has 3 aromatic rings. The highest BCUT2D eigenvalue weighted by Gasteiger charge is 2.33. The lowest BCUT2D eigenvalue weighted by atomic mass is 9.86. The van der Waals surface area contributed by atoms with Gasteiger partial charge in [0.25, 0.3) is 6.43 Å². The second kappa shape index (κ2) is 11.6. The molecule has 0 radical (unpaired) electrons. The van der Waals surface area contributed by atoms with Crippen molar-refractivity contribution in [3.05, 3.63) is 36.2 Å². The van der Waals surface area contributed by atoms with Crippen molar-refractivity contribution in [1.29, 1.82) is 0 Å². The number of halogens is 2. The minimum atomic E-state index is -2.80. The number of hydrogen-bond acceptors (Lipinski definition) is 8. The molecule has 4 heterocycles. The summed E-state index contributed by atoms with van der Waals surface area (Å²) in [5.41, 5.74) is 0.980. The van der Waals surface area contributed by atoms with Crippen LogP contribution in [-0.4, -0.2) is 87.0 Å². The quantitative estimate of drug-likeness (QED) is 0.492. The summed E-state index contributed by atoms with van der Waals surface area (Å²) in [6.07, 6.45) is 0.890. The number of piperidine rings is 1. The summed E-state index contributed by atoms with van der Waals surface area (Å²) in [4.78, 5) is 30.3. The van der Waals surface area contributed by atoms with Gasteiger partial charge in [0.05, 0.1) is 30.4 Å². The van der Waals surface area contributed by atoms with Gasteiger partial charge in [-0.2, -0.15) is 9.97 Å². The molecule has 1 saturated carbocycles. The number of para-hydroxylation sites is 2. The van der Waals surface area contributed by atoms with Crippen LogP contribution in [0.3, 0.4) is 0 Å². The Bertz CT molecular complexity index is 1340. The Kier molecular flexibility index (Phi) is 7.79. The van der Waals surface area contributed by atoms with Crippen molar-refractivity contribution in [2.24, 2.45) is 5.92 Å². The smallest absolute Gasteiger partial charge is 0.296 e. The Morgan fingerprint density at radius 2 is 1.80 bits per heavy atom. The van der Waals surface area contributed by atoms with Crippen molar-refractivity contribution in [2.45, 2.75) is 57.2 Å². The topological polar surface area (TPSA) is 106 Å². The van der Waals surface area contributed by atoms with Crippen molar-refractivity contribution in [2.75, 3.05) is 44.3 Å². The van der Waals surface area contributed by atoms with E-state index in [0.717, 1.165) is 12.8 Å². The van der Waals surface area contributed by atoms with E-state index >= 15 is 0 Å². The predicted molar refractivity (Wildman–Crippen MR) is 143 cm³/mol. The Morgan fingerprint density at radius 3 is 2.55 bits per heavy atom. The molecule has 6 rings (SSSR count). The van der Waals surface area contributed by atoms with E-state index in [1.54, 1.807) is 35.2 Å². The van der Waals surface area contributed by atoms with E-state index in [4.69, 9.17) is 9.47 Å². The number of carbonyl (C=O) groups excluding carboxylic acids is 1. The molecule has 0 spiro atoms. The molecule has 1 N–H and O–H groups in total. The number of aromatic nitrogens is 4. The maximum atomic E-state index is 14.1. The van der Waals surface area contributed by atoms with Crippen molar-refractivity contribution < 1.29 is 28.2 Å². The van der Waals surface area contributed by atoms with Crippen LogP contribution in [0.2, 0.25) is 0 Å². The normalized spacial score (nSPS) is 24.1. The van der Waals surface area contributed by atoms with E-state index < -0.39 is 12.5 Å². The van der Waals surface area contributed by atoms with Gasteiger partial charge in [0.15, 0.2) is 5.82 Å². The van der Waals surface area contributed by atoms with Gasteiger partial charge in [-0.15, -0.1) is 0 Å². The molecule has 40 heavy (non-hydrogen) atoms. The fourth-order valence-electron chi connectivity index (χ4n) is 5.92. The second-order valence-corrected chi connectivity index (χ2v) is 10.7. The first-order chi connectivity index (χ1) is 19.5. The maximum Gasteiger partial charge on any atom is 0.296 e. The van der Waals surface area contributed by atoms with Gasteiger partial charge < -0.3 is 24.4 Å². The first kappa shape index (κ1) is 26.8. The monoisotopic (exact) mass is 556 g/mol. The summed E-state index contributed by atoms with van der Waals surface area (Å²) in [6, 6.07) is 8.57. The van der Waals surface area contributed by atoms with E-state index in [-0.39, 0.29) is 29.6 Å². The summed E-state index contributed by atoms with van der Waals surface area (Å²) < 4.78 is 41.4. The molecule has 214 valence electrons. The van der Waals surface area contributed by atoms with Crippen LogP contribution < -0.4 is 9.64 Å². The molecule has 12 heteroatoms. The number of β-amino-alcohol motifs (C(OH)–C–C–N with tert-alkyl or cyclic N) is 1. The Hall–Kier alpha value is -3.38. The molecule has 2 aliphatic heterocycles. The van der Waals surface area contributed by atoms with Gasteiger partial charge in [0.1, 0.15) is 11.9 Å². The number of nitrogens with zero attached hydrogens (tertiary/aromatic N) is 6. The molecule has 0 bridgehead atoms. The zero-order valence-corrected chi connectivity index (χ0v) is 22.3. The van der Waals surface area contributed by atoms with E-state index in [1.807, 2.05) is 4.90 Å². The van der Waals surface area contributed by atoms with Gasteiger partial charge in [-0.3, -0.25) is 9.36 Å². The number of carbonyl (C=O) groups is 1. The lowest BCUT2D eigenvalue weighted by Crippen LogP contribution is -2.46. The lowest BCUT2D eigenvalue weighted by Gasteiger charge is -2.35. The van der Waals surface area contributed by atoms with Crippen LogP contribution in [0.5, 0.6) is 5.88 Å². The number of amides is 1. The van der Waals surface area contributed by atoms with E-state index in [1.165, 1.54) is 4.57 Å². The van der Waals surface area contributed by atoms with Crippen LogP contribution in [0.15, 0.2) is 30.3 Å². The second-order valence-electron chi connectivity index (χ2n) is 10.7. The minimum Gasteiger partial charge on any atom is -0.474 e. The van der Waals surface area contributed by atoms with Gasteiger partial charge in [0.2, 0.25) is 17.7 Å². The van der Waals surface area contributed by atoms with Crippen LogP contribution >= 0.6 is 0 Å². The number of likely N-dealkylation sites (tertiary alicyclic amines) is 1. The third kappa shape index (κ3) is 5.60. The van der Waals surface area contributed by atoms with Crippen LogP contribution in [0.4, 0.5) is 14.7 Å². The molecule has 2 saturated heterocycles. The number of rotatable bonds is 6. The van der Waals surface area contributed by atoms with Gasteiger partial charge in [-0.1, -0.05) is 12.1 Å². The fraction of sp³-hybridized carbons (Fsp3) is 0.571. The Morgan fingerprint density at radius 1 is 1.02 bits per heavy atom. The molecule has 3 aliphatic rings. The number of imidazole rings is 1. The van der Waals surface area contributed by atoms with Crippen LogP contribution in [0, 0.1) is 5.92 Å². The number of ether oxygens (including phenoxy) is 2. The van der Waals surface area contributed by atoms with Crippen molar-refractivity contribution >= 4 is 22.9 Å². The van der Waals surface area contributed by atoms with Gasteiger partial charge in [0, 0.05) is 38.2 Å². The highest BCUT2D eigenvalue weighted by Crippen LogP contribution is 2.32. The SMILES string of the molecule is O=C(C1CCC(Oc2cc(-n3c(C(F)F)nc4ccccc43)nc(N3CCOCC3)n2)CC1)N1CCCC(O)C1. The third-order valence-corrected chi connectivity index (χ3v) is 8.00. The lowest BCUT2D eigenvalue weighted by molar-refractivity contribution is -0.140. The maximum absolute atomic E-state index is 14.1. The van der Waals surface area contributed by atoms with Gasteiger partial charge in [-0.05, 0) is 50.7 Å². The average Bonchev–Trinajstić information content (AvgIpc) is 3.38. The van der Waals surface area contributed by atoms with Crippen LogP contribution in [0.25, 0.3) is 16.9 Å². The molecule has 1 atom stereocenters. The standard InChI is InChI=1S/C28H34F2N6O4/c29-25(30)26-31-21-5-1-2-6-22(21)36(26)23-16-24(33-28(32-23)34-12-14-39-15-13-34)40-20-9-7-18(8-10-20)27(38)35-11-3-4-19(37)17-35/h1-2,5-6,16,18-20,25,37H,3-4,7-15,17H2. The van der Waals surface area contributed by atoms with Crippen molar-refractivity contribution in [1.82, 2.24) is 24.4 Å². The molecular formula is C28H34F2N6O4. The summed E-state index contributed by atoms with van der Waals surface area (Å²) in [7, 11) is 0. The zero-order chi connectivity index (χ0) is 27.6. The number of hydrogen-bond donors (Lipinski definition) is 1. The summed E-state index contributed by atoms with van der Waals surface area (Å²) in [5, 5.41) is 9.96. The average molecular weight is 557 g/mol. The first-order valence-electron chi connectivity index (χ1n) is 14.1. The molecule has 10 nitrogen and oxygen atoms in total. The fourth-order valence-corrected chi connectivity index (χ4v) is 5.92. The van der Waals surface area contributed by atoms with Crippen molar-refractivity contribution in [3.63, 3.8) is 0 Å². The highest BCUT2D eigenvalue weighted by atomic mass is 19.3. The Labute approximate surface area is 230 Å². The number of benzene rings is 1. The molecule has 1 aliphatic carbocycles. The highest BCUT2D eigenvalue weighted by molar-refractivity contribution is 5.79. The van der Waals surface area contributed by atoms with E-state index in [9.17, 15) is 18.7 Å². The van der Waals surface area contributed by atoms with Crippen LogP contribution in [0.1, 0.15) is 50.8 Å². The first-order valence-corrected chi connectivity index (χ1v) is 14.1.